The second-order valence-corrected chi connectivity index (χ2v) is 7.68. The van der Waals surface area contributed by atoms with E-state index < -0.39 is 4.92 Å². The van der Waals surface area contributed by atoms with Crippen molar-refractivity contribution in [1.29, 1.82) is 0 Å². The first-order valence-electron chi connectivity index (χ1n) is 9.74. The maximum absolute atomic E-state index is 12.5. The smallest absolute Gasteiger partial charge is 0.269 e. The summed E-state index contributed by atoms with van der Waals surface area (Å²) in [6, 6.07) is 10.1. The fourth-order valence-corrected chi connectivity index (χ4v) is 3.77. The Morgan fingerprint density at radius 1 is 1.21 bits per heavy atom. The molecule has 1 N–H and O–H groups in total. The van der Waals surface area contributed by atoms with Gasteiger partial charge in [0.2, 0.25) is 0 Å². The van der Waals surface area contributed by atoms with Crippen molar-refractivity contribution in [3.05, 3.63) is 79.7 Å². The molecular formula is C21H20N4O4. The third-order valence-electron chi connectivity index (χ3n) is 5.53. The lowest BCUT2D eigenvalue weighted by atomic mass is 10.1. The minimum absolute atomic E-state index is 0.0207. The lowest BCUT2D eigenvalue weighted by Crippen LogP contribution is -2.35. The Morgan fingerprint density at radius 2 is 2.00 bits per heavy atom. The molecule has 0 amide bonds. The number of hydrogen-bond donors (Lipinski definition) is 1. The number of aromatic amines is 1. The predicted octanol–water partition coefficient (Wildman–Crippen LogP) is 3.37. The molecule has 8 nitrogen and oxygen atoms in total. The zero-order valence-corrected chi connectivity index (χ0v) is 15.8. The first kappa shape index (κ1) is 17.8. The van der Waals surface area contributed by atoms with Gasteiger partial charge in [-0.25, -0.2) is 4.98 Å². The molecule has 0 spiro atoms. The zero-order valence-electron chi connectivity index (χ0n) is 15.8. The second-order valence-electron chi connectivity index (χ2n) is 7.68. The third-order valence-corrected chi connectivity index (χ3v) is 5.53. The normalized spacial score (nSPS) is 16.6. The molecule has 3 aromatic rings. The molecule has 1 fully saturated rings. The van der Waals surface area contributed by atoms with Gasteiger partial charge in [-0.05, 0) is 37.1 Å². The number of nitro groups is 1. The van der Waals surface area contributed by atoms with Crippen LogP contribution in [0.5, 0.6) is 0 Å². The maximum Gasteiger partial charge on any atom is 0.269 e. The van der Waals surface area contributed by atoms with E-state index in [1.807, 2.05) is 12.1 Å². The van der Waals surface area contributed by atoms with Gasteiger partial charge < -0.3 is 9.40 Å². The largest absolute Gasteiger partial charge is 0.460 e. The Balaban J connectivity index is 1.29. The molecule has 2 aromatic heterocycles. The van der Waals surface area contributed by atoms with E-state index in [0.29, 0.717) is 24.8 Å². The first-order chi connectivity index (χ1) is 14.1. The lowest BCUT2D eigenvalue weighted by Gasteiger charge is -2.26. The van der Waals surface area contributed by atoms with Crippen LogP contribution in [-0.4, -0.2) is 26.3 Å². The molecule has 1 aliphatic heterocycles. The van der Waals surface area contributed by atoms with Crippen molar-refractivity contribution < 1.29 is 9.34 Å². The van der Waals surface area contributed by atoms with Gasteiger partial charge in [-0.2, -0.15) is 0 Å². The molecule has 8 heteroatoms. The summed E-state index contributed by atoms with van der Waals surface area (Å²) in [5.74, 6) is 2.75. The minimum Gasteiger partial charge on any atom is -0.460 e. The number of nitrogens with zero attached hydrogens (tertiary/aromatic N) is 3. The van der Waals surface area contributed by atoms with Crippen molar-refractivity contribution in [1.82, 2.24) is 14.9 Å². The van der Waals surface area contributed by atoms with E-state index in [9.17, 15) is 14.9 Å². The van der Waals surface area contributed by atoms with Crippen LogP contribution in [0.4, 0.5) is 5.69 Å². The summed E-state index contributed by atoms with van der Waals surface area (Å²) in [5.41, 5.74) is 2.50. The Kier molecular flexibility index (Phi) is 4.28. The number of hydrogen-bond acceptors (Lipinski definition) is 6. The molecule has 5 rings (SSSR count). The molecule has 0 saturated heterocycles. The Labute approximate surface area is 166 Å². The number of non-ortho nitro benzene ring substituents is 1. The summed E-state index contributed by atoms with van der Waals surface area (Å²) >= 11 is 0. The number of nitrogens with one attached hydrogen (secondary N) is 1. The molecule has 0 unspecified atom stereocenters. The van der Waals surface area contributed by atoms with Gasteiger partial charge in [0, 0.05) is 43.1 Å². The van der Waals surface area contributed by atoms with Crippen molar-refractivity contribution >= 4 is 5.69 Å². The van der Waals surface area contributed by atoms with E-state index in [2.05, 4.69) is 14.9 Å². The van der Waals surface area contributed by atoms with Crippen LogP contribution in [0.2, 0.25) is 0 Å². The molecule has 0 radical (unpaired) electrons. The molecule has 148 valence electrons. The van der Waals surface area contributed by atoms with Crippen molar-refractivity contribution in [3.8, 4) is 11.3 Å². The molecule has 2 aliphatic rings. The molecule has 29 heavy (non-hydrogen) atoms. The molecule has 1 saturated carbocycles. The van der Waals surface area contributed by atoms with Gasteiger partial charge in [-0.15, -0.1) is 0 Å². The van der Waals surface area contributed by atoms with Crippen molar-refractivity contribution in [2.45, 2.75) is 38.3 Å². The summed E-state index contributed by atoms with van der Waals surface area (Å²) in [4.78, 5) is 32.7. The standard InChI is InChI=1S/C21H20N4O4/c26-21-17-12-24(10-9-18(17)22-20(23-21)14-1-2-14)11-16-7-8-19(29-16)13-3-5-15(6-4-13)25(27)28/h3-8,14H,1-2,9-12H2,(H,22,23,26). The highest BCUT2D eigenvalue weighted by Gasteiger charge is 2.29. The van der Waals surface area contributed by atoms with E-state index in [4.69, 9.17) is 4.42 Å². The van der Waals surface area contributed by atoms with Crippen LogP contribution in [0, 0.1) is 10.1 Å². The highest BCUT2D eigenvalue weighted by Crippen LogP contribution is 2.38. The van der Waals surface area contributed by atoms with Gasteiger partial charge in [0.15, 0.2) is 0 Å². The Bertz CT molecular complexity index is 1130. The summed E-state index contributed by atoms with van der Waals surface area (Å²) in [7, 11) is 0. The lowest BCUT2D eigenvalue weighted by molar-refractivity contribution is -0.384. The highest BCUT2D eigenvalue weighted by molar-refractivity contribution is 5.59. The fourth-order valence-electron chi connectivity index (χ4n) is 3.77. The van der Waals surface area contributed by atoms with Crippen molar-refractivity contribution in [2.75, 3.05) is 6.54 Å². The van der Waals surface area contributed by atoms with Crippen LogP contribution in [0.1, 0.15) is 41.6 Å². The number of fused-ring (bicyclic) bond motifs is 1. The quantitative estimate of drug-likeness (QED) is 0.527. The molecular weight excluding hydrogens is 372 g/mol. The predicted molar refractivity (Wildman–Crippen MR) is 105 cm³/mol. The number of aromatic nitrogens is 2. The van der Waals surface area contributed by atoms with Crippen LogP contribution < -0.4 is 5.56 Å². The van der Waals surface area contributed by atoms with Crippen LogP contribution in [-0.2, 0) is 19.5 Å². The van der Waals surface area contributed by atoms with Crippen LogP contribution in [0.25, 0.3) is 11.3 Å². The van der Waals surface area contributed by atoms with Gasteiger partial charge in [-0.1, -0.05) is 0 Å². The monoisotopic (exact) mass is 392 g/mol. The van der Waals surface area contributed by atoms with E-state index in [1.165, 1.54) is 12.1 Å². The molecule has 3 heterocycles. The van der Waals surface area contributed by atoms with Gasteiger partial charge in [0.25, 0.3) is 11.2 Å². The van der Waals surface area contributed by atoms with E-state index in [0.717, 1.165) is 54.2 Å². The van der Waals surface area contributed by atoms with Crippen molar-refractivity contribution in [2.24, 2.45) is 0 Å². The molecule has 1 aromatic carbocycles. The van der Waals surface area contributed by atoms with Crippen LogP contribution in [0.3, 0.4) is 0 Å². The molecule has 0 bridgehead atoms. The zero-order chi connectivity index (χ0) is 20.0. The maximum atomic E-state index is 12.5. The topological polar surface area (TPSA) is 105 Å². The summed E-state index contributed by atoms with van der Waals surface area (Å²) in [5, 5.41) is 10.8. The van der Waals surface area contributed by atoms with Crippen LogP contribution in [0.15, 0.2) is 45.6 Å². The molecule has 0 atom stereocenters. The molecule has 1 aliphatic carbocycles. The van der Waals surface area contributed by atoms with Gasteiger partial charge in [-0.3, -0.25) is 19.8 Å². The van der Waals surface area contributed by atoms with E-state index >= 15 is 0 Å². The Morgan fingerprint density at radius 3 is 2.72 bits per heavy atom. The summed E-state index contributed by atoms with van der Waals surface area (Å²) in [6.07, 6.45) is 2.99. The van der Waals surface area contributed by atoms with Crippen molar-refractivity contribution in [3.63, 3.8) is 0 Å². The van der Waals surface area contributed by atoms with E-state index in [1.54, 1.807) is 12.1 Å². The second kappa shape index (κ2) is 6.97. The average molecular weight is 392 g/mol. The Hall–Kier alpha value is -3.26. The third kappa shape index (κ3) is 3.58. The van der Waals surface area contributed by atoms with Gasteiger partial charge >= 0.3 is 0 Å². The number of furan rings is 1. The van der Waals surface area contributed by atoms with E-state index in [-0.39, 0.29) is 11.2 Å². The average Bonchev–Trinajstić information content (AvgIpc) is 3.47. The SMILES string of the molecule is O=c1[nH]c(C2CC2)nc2c1CN(Cc1ccc(-c3ccc([N+](=O)[O-])cc3)o1)CC2. The number of benzene rings is 1. The number of nitro benzene ring substituents is 1. The highest BCUT2D eigenvalue weighted by atomic mass is 16.6. The first-order valence-corrected chi connectivity index (χ1v) is 9.74. The fraction of sp³-hybridized carbons (Fsp3) is 0.333. The number of rotatable bonds is 5. The number of H-pyrrole nitrogens is 1. The minimum atomic E-state index is -0.421. The summed E-state index contributed by atoms with van der Waals surface area (Å²) < 4.78 is 5.94. The van der Waals surface area contributed by atoms with Crippen LogP contribution >= 0.6 is 0 Å². The van der Waals surface area contributed by atoms with Gasteiger partial charge in [0.05, 0.1) is 22.7 Å². The summed E-state index contributed by atoms with van der Waals surface area (Å²) in [6.45, 7) is 1.97. The van der Waals surface area contributed by atoms with Gasteiger partial charge in [0.1, 0.15) is 17.3 Å².